The van der Waals surface area contributed by atoms with Crippen LogP contribution in [0.2, 0.25) is 0 Å². The molecule has 0 spiro atoms. The molecule has 2 nitrogen and oxygen atoms in total. The number of ether oxygens (including phenoxy) is 1. The van der Waals surface area contributed by atoms with Gasteiger partial charge in [0.15, 0.2) is 0 Å². The Balaban J connectivity index is 3.17. The van der Waals surface area contributed by atoms with Gasteiger partial charge >= 0.3 is 6.36 Å². The fourth-order valence-electron chi connectivity index (χ4n) is 1.15. The van der Waals surface area contributed by atoms with Crippen molar-refractivity contribution in [2.45, 2.75) is 18.1 Å². The maximum atomic E-state index is 12.2. The molecule has 0 amide bonds. The standard InChI is InChI=1S/C10H7BrF3IO2/c1-5(16)9(11)7-3-2-6(15)4-8(7)17-10(12,13)14/h2-4,9H,1H3. The largest absolute Gasteiger partial charge is 0.573 e. The number of carbonyl (C=O) groups excluding carboxylic acids is 1. The minimum Gasteiger partial charge on any atom is -0.405 e. The minimum absolute atomic E-state index is 0.162. The molecule has 0 radical (unpaired) electrons. The van der Waals surface area contributed by atoms with Crippen molar-refractivity contribution in [3.8, 4) is 5.75 Å². The number of benzene rings is 1. The number of hydrogen-bond donors (Lipinski definition) is 0. The molecular weight excluding hydrogens is 416 g/mol. The van der Waals surface area contributed by atoms with E-state index in [1.54, 1.807) is 6.07 Å². The van der Waals surface area contributed by atoms with Crippen molar-refractivity contribution in [1.29, 1.82) is 0 Å². The first kappa shape index (κ1) is 14.7. The van der Waals surface area contributed by atoms with Crippen LogP contribution in [0.4, 0.5) is 13.2 Å². The van der Waals surface area contributed by atoms with Gasteiger partial charge in [-0.15, -0.1) is 13.2 Å². The summed E-state index contributed by atoms with van der Waals surface area (Å²) in [5, 5.41) is 0. The van der Waals surface area contributed by atoms with Gasteiger partial charge in [-0.1, -0.05) is 22.0 Å². The quantitative estimate of drug-likeness (QED) is 0.538. The van der Waals surface area contributed by atoms with Crippen LogP contribution in [0.1, 0.15) is 17.3 Å². The molecule has 0 bridgehead atoms. The van der Waals surface area contributed by atoms with Crippen molar-refractivity contribution in [3.05, 3.63) is 27.3 Å². The van der Waals surface area contributed by atoms with Gasteiger partial charge in [-0.3, -0.25) is 4.79 Å². The molecule has 0 saturated heterocycles. The van der Waals surface area contributed by atoms with E-state index in [1.807, 2.05) is 22.6 Å². The molecule has 0 N–H and O–H groups in total. The average Bonchev–Trinajstić information content (AvgIpc) is 2.14. The first-order valence-electron chi connectivity index (χ1n) is 4.40. The maximum absolute atomic E-state index is 12.2. The Morgan fingerprint density at radius 1 is 1.47 bits per heavy atom. The number of Topliss-reactive ketones (excluding diaryl/α,β-unsaturated/α-hetero) is 1. The summed E-state index contributed by atoms with van der Waals surface area (Å²) in [7, 11) is 0. The number of alkyl halides is 4. The Bertz CT molecular complexity index is 434. The van der Waals surface area contributed by atoms with Gasteiger partial charge in [-0.2, -0.15) is 0 Å². The zero-order valence-electron chi connectivity index (χ0n) is 8.52. The van der Waals surface area contributed by atoms with E-state index in [-0.39, 0.29) is 17.1 Å². The molecule has 1 aromatic carbocycles. The predicted molar refractivity (Wildman–Crippen MR) is 68.2 cm³/mol. The van der Waals surface area contributed by atoms with E-state index in [0.29, 0.717) is 3.57 Å². The van der Waals surface area contributed by atoms with Crippen molar-refractivity contribution >= 4 is 44.3 Å². The van der Waals surface area contributed by atoms with Crippen molar-refractivity contribution in [3.63, 3.8) is 0 Å². The number of carbonyl (C=O) groups is 1. The van der Waals surface area contributed by atoms with Gasteiger partial charge in [0.25, 0.3) is 0 Å². The summed E-state index contributed by atoms with van der Waals surface area (Å²) >= 11 is 4.90. The molecule has 0 aliphatic rings. The smallest absolute Gasteiger partial charge is 0.405 e. The lowest BCUT2D eigenvalue weighted by Gasteiger charge is -2.15. The van der Waals surface area contributed by atoms with Crippen LogP contribution in [0.15, 0.2) is 18.2 Å². The lowest BCUT2D eigenvalue weighted by Crippen LogP contribution is -2.19. The highest BCUT2D eigenvalue weighted by Gasteiger charge is 2.33. The fourth-order valence-corrected chi connectivity index (χ4v) is 1.99. The predicted octanol–water partition coefficient (Wildman–Crippen LogP) is 4.21. The Morgan fingerprint density at radius 2 is 2.06 bits per heavy atom. The van der Waals surface area contributed by atoms with Gasteiger partial charge in [-0.05, 0) is 41.6 Å². The highest BCUT2D eigenvalue weighted by atomic mass is 127. The topological polar surface area (TPSA) is 26.3 Å². The van der Waals surface area contributed by atoms with E-state index < -0.39 is 11.2 Å². The zero-order chi connectivity index (χ0) is 13.2. The lowest BCUT2D eigenvalue weighted by atomic mass is 10.1. The van der Waals surface area contributed by atoms with Gasteiger partial charge in [-0.25, -0.2) is 0 Å². The molecule has 0 fully saturated rings. The van der Waals surface area contributed by atoms with E-state index in [2.05, 4.69) is 20.7 Å². The molecular formula is C10H7BrF3IO2. The summed E-state index contributed by atoms with van der Waals surface area (Å²) < 4.78 is 41.1. The van der Waals surface area contributed by atoms with E-state index in [0.717, 1.165) is 0 Å². The molecule has 0 aromatic heterocycles. The Kier molecular flexibility index (Phi) is 4.82. The third kappa shape index (κ3) is 4.46. The van der Waals surface area contributed by atoms with Gasteiger partial charge < -0.3 is 4.74 Å². The molecule has 0 heterocycles. The average molecular weight is 423 g/mol. The Morgan fingerprint density at radius 3 is 2.53 bits per heavy atom. The van der Waals surface area contributed by atoms with Crippen LogP contribution in [-0.2, 0) is 4.79 Å². The monoisotopic (exact) mass is 422 g/mol. The van der Waals surface area contributed by atoms with E-state index in [4.69, 9.17) is 0 Å². The van der Waals surface area contributed by atoms with Crippen LogP contribution in [0.25, 0.3) is 0 Å². The zero-order valence-corrected chi connectivity index (χ0v) is 12.3. The summed E-state index contributed by atoms with van der Waals surface area (Å²) in [5.74, 6) is -0.653. The third-order valence-electron chi connectivity index (χ3n) is 1.83. The number of halogens is 5. The number of rotatable bonds is 3. The first-order valence-corrected chi connectivity index (χ1v) is 6.40. The van der Waals surface area contributed by atoms with E-state index in [1.165, 1.54) is 19.1 Å². The second-order valence-corrected chi connectivity index (χ2v) is 5.36. The van der Waals surface area contributed by atoms with E-state index >= 15 is 0 Å². The molecule has 0 aliphatic carbocycles. The van der Waals surface area contributed by atoms with Crippen molar-refractivity contribution in [1.82, 2.24) is 0 Å². The fraction of sp³-hybridized carbons (Fsp3) is 0.300. The number of hydrogen-bond acceptors (Lipinski definition) is 2. The maximum Gasteiger partial charge on any atom is 0.573 e. The first-order chi connectivity index (χ1) is 7.70. The molecule has 94 valence electrons. The molecule has 1 aromatic rings. The molecule has 0 saturated carbocycles. The second kappa shape index (κ2) is 5.55. The molecule has 1 unspecified atom stereocenters. The minimum atomic E-state index is -4.78. The van der Waals surface area contributed by atoms with E-state index in [9.17, 15) is 18.0 Å². The van der Waals surface area contributed by atoms with Gasteiger partial charge in [0.1, 0.15) is 16.4 Å². The van der Waals surface area contributed by atoms with Crippen LogP contribution < -0.4 is 4.74 Å². The lowest BCUT2D eigenvalue weighted by molar-refractivity contribution is -0.274. The van der Waals surface area contributed by atoms with Crippen molar-refractivity contribution < 1.29 is 22.7 Å². The molecule has 1 atom stereocenters. The molecule has 7 heteroatoms. The van der Waals surface area contributed by atoms with Gasteiger partial charge in [0, 0.05) is 9.13 Å². The summed E-state index contributed by atoms with van der Waals surface area (Å²) in [6.45, 7) is 1.29. The Hall–Kier alpha value is -0.310. The highest BCUT2D eigenvalue weighted by Crippen LogP contribution is 2.35. The SMILES string of the molecule is CC(=O)C(Br)c1ccc(I)cc1OC(F)(F)F. The summed E-state index contributed by atoms with van der Waals surface area (Å²) in [5.41, 5.74) is 0.162. The molecule has 1 rings (SSSR count). The van der Waals surface area contributed by atoms with Crippen molar-refractivity contribution in [2.24, 2.45) is 0 Å². The Labute approximate surface area is 118 Å². The van der Waals surface area contributed by atoms with Crippen LogP contribution >= 0.6 is 38.5 Å². The van der Waals surface area contributed by atoms with Gasteiger partial charge in [0.2, 0.25) is 0 Å². The normalized spacial score (nSPS) is 13.3. The van der Waals surface area contributed by atoms with Crippen LogP contribution in [0, 0.1) is 3.57 Å². The summed E-state index contributed by atoms with van der Waals surface area (Å²) in [4.78, 5) is 10.4. The van der Waals surface area contributed by atoms with Crippen LogP contribution in [-0.4, -0.2) is 12.1 Å². The van der Waals surface area contributed by atoms with Crippen LogP contribution in [0.5, 0.6) is 5.75 Å². The third-order valence-corrected chi connectivity index (χ3v) is 3.64. The summed E-state index contributed by atoms with van der Waals surface area (Å²) in [6.07, 6.45) is -4.78. The van der Waals surface area contributed by atoms with Crippen LogP contribution in [0.3, 0.4) is 0 Å². The summed E-state index contributed by atoms with van der Waals surface area (Å²) in [6, 6.07) is 4.28. The molecule has 17 heavy (non-hydrogen) atoms. The number of ketones is 1. The highest BCUT2D eigenvalue weighted by molar-refractivity contribution is 14.1. The molecule has 0 aliphatic heterocycles. The van der Waals surface area contributed by atoms with Crippen molar-refractivity contribution in [2.75, 3.05) is 0 Å². The second-order valence-electron chi connectivity index (χ2n) is 3.20. The van der Waals surface area contributed by atoms with Gasteiger partial charge in [0.05, 0.1) is 0 Å².